The maximum absolute atomic E-state index is 12.0. The van der Waals surface area contributed by atoms with E-state index >= 15 is 0 Å². The molecule has 0 aliphatic carbocycles. The maximum atomic E-state index is 12.0. The van der Waals surface area contributed by atoms with Gasteiger partial charge >= 0.3 is 0 Å². The molecule has 2 heteroatoms. The standard InChI is InChI=1S/C18H25NO/c1-4-7-15-10-13(2)11-17(14(15)3)12-16-8-5-6-9-19-18(16)20/h10-12H,4-9H2,1-3H3,(H,19,20)/b16-12+. The number of hydrogen-bond acceptors (Lipinski definition) is 1. The Morgan fingerprint density at radius 2 is 2.05 bits per heavy atom. The second-order valence-electron chi connectivity index (χ2n) is 5.77. The second-order valence-corrected chi connectivity index (χ2v) is 5.77. The lowest BCUT2D eigenvalue weighted by molar-refractivity contribution is -0.117. The molecule has 0 saturated carbocycles. The fraction of sp³-hybridized carbons (Fsp3) is 0.500. The van der Waals surface area contributed by atoms with E-state index in [0.717, 1.165) is 44.2 Å². The van der Waals surface area contributed by atoms with Crippen molar-refractivity contribution in [2.45, 2.75) is 52.9 Å². The zero-order chi connectivity index (χ0) is 14.5. The highest BCUT2D eigenvalue weighted by molar-refractivity contribution is 5.98. The van der Waals surface area contributed by atoms with Gasteiger partial charge in [0.2, 0.25) is 5.91 Å². The molecule has 1 N–H and O–H groups in total. The number of amides is 1. The first-order valence-corrected chi connectivity index (χ1v) is 7.70. The van der Waals surface area contributed by atoms with E-state index in [1.807, 2.05) is 0 Å². The number of aryl methyl sites for hydroxylation is 2. The van der Waals surface area contributed by atoms with Crippen molar-refractivity contribution in [2.24, 2.45) is 0 Å². The van der Waals surface area contributed by atoms with E-state index in [9.17, 15) is 4.79 Å². The average molecular weight is 271 g/mol. The summed E-state index contributed by atoms with van der Waals surface area (Å²) in [5, 5.41) is 2.98. The molecule has 1 fully saturated rings. The Kier molecular flexibility index (Phi) is 4.99. The van der Waals surface area contributed by atoms with Gasteiger partial charge in [-0.25, -0.2) is 0 Å². The van der Waals surface area contributed by atoms with Crippen LogP contribution in [-0.4, -0.2) is 12.5 Å². The molecule has 1 aliphatic heterocycles. The fourth-order valence-corrected chi connectivity index (χ4v) is 2.84. The lowest BCUT2D eigenvalue weighted by Crippen LogP contribution is -2.23. The van der Waals surface area contributed by atoms with Gasteiger partial charge in [0.1, 0.15) is 0 Å². The summed E-state index contributed by atoms with van der Waals surface area (Å²) in [6, 6.07) is 4.47. The summed E-state index contributed by atoms with van der Waals surface area (Å²) in [7, 11) is 0. The minimum atomic E-state index is 0.112. The van der Waals surface area contributed by atoms with Gasteiger partial charge in [-0.15, -0.1) is 0 Å². The van der Waals surface area contributed by atoms with E-state index in [1.54, 1.807) is 0 Å². The number of nitrogens with one attached hydrogen (secondary N) is 1. The van der Waals surface area contributed by atoms with Gasteiger partial charge in [-0.05, 0) is 62.3 Å². The van der Waals surface area contributed by atoms with Crippen LogP contribution in [0.1, 0.15) is 54.9 Å². The highest BCUT2D eigenvalue weighted by atomic mass is 16.1. The Bertz CT molecular complexity index is 528. The Morgan fingerprint density at radius 1 is 1.25 bits per heavy atom. The zero-order valence-electron chi connectivity index (χ0n) is 12.9. The molecule has 20 heavy (non-hydrogen) atoms. The van der Waals surface area contributed by atoms with Crippen LogP contribution in [0.5, 0.6) is 0 Å². The minimum absolute atomic E-state index is 0.112. The van der Waals surface area contributed by atoms with Gasteiger partial charge in [0.05, 0.1) is 0 Å². The second kappa shape index (κ2) is 6.74. The molecule has 1 amide bonds. The molecular weight excluding hydrogens is 246 g/mol. The van der Waals surface area contributed by atoms with Gasteiger partial charge in [-0.2, -0.15) is 0 Å². The minimum Gasteiger partial charge on any atom is -0.352 e. The van der Waals surface area contributed by atoms with Gasteiger partial charge in [0.25, 0.3) is 0 Å². The maximum Gasteiger partial charge on any atom is 0.247 e. The lowest BCUT2D eigenvalue weighted by Gasteiger charge is -2.11. The van der Waals surface area contributed by atoms with Crippen LogP contribution in [0.2, 0.25) is 0 Å². The Hall–Kier alpha value is -1.57. The van der Waals surface area contributed by atoms with E-state index in [2.05, 4.69) is 44.3 Å². The molecule has 1 saturated heterocycles. The number of hydrogen-bond donors (Lipinski definition) is 1. The molecule has 0 unspecified atom stereocenters. The van der Waals surface area contributed by atoms with Gasteiger partial charge in [0, 0.05) is 12.1 Å². The number of benzene rings is 1. The van der Waals surface area contributed by atoms with Crippen LogP contribution in [0.3, 0.4) is 0 Å². The van der Waals surface area contributed by atoms with E-state index in [-0.39, 0.29) is 5.91 Å². The molecule has 1 heterocycles. The summed E-state index contributed by atoms with van der Waals surface area (Å²) < 4.78 is 0. The predicted molar refractivity (Wildman–Crippen MR) is 84.7 cm³/mol. The smallest absolute Gasteiger partial charge is 0.247 e. The fourth-order valence-electron chi connectivity index (χ4n) is 2.84. The van der Waals surface area contributed by atoms with E-state index < -0.39 is 0 Å². The first-order chi connectivity index (χ1) is 9.61. The van der Waals surface area contributed by atoms with Gasteiger partial charge in [-0.3, -0.25) is 4.79 Å². The highest BCUT2D eigenvalue weighted by Crippen LogP contribution is 2.23. The van der Waals surface area contributed by atoms with Crippen LogP contribution in [0.4, 0.5) is 0 Å². The molecule has 2 rings (SSSR count). The highest BCUT2D eigenvalue weighted by Gasteiger charge is 2.13. The van der Waals surface area contributed by atoms with Crippen molar-refractivity contribution in [1.29, 1.82) is 0 Å². The third-order valence-corrected chi connectivity index (χ3v) is 4.00. The van der Waals surface area contributed by atoms with Crippen LogP contribution in [0.25, 0.3) is 6.08 Å². The number of rotatable bonds is 3. The number of carbonyl (C=O) groups is 1. The van der Waals surface area contributed by atoms with Crippen molar-refractivity contribution in [3.05, 3.63) is 40.0 Å². The third-order valence-electron chi connectivity index (χ3n) is 4.00. The molecule has 0 atom stereocenters. The molecule has 2 nitrogen and oxygen atoms in total. The van der Waals surface area contributed by atoms with Crippen molar-refractivity contribution in [3.8, 4) is 0 Å². The molecule has 108 valence electrons. The van der Waals surface area contributed by atoms with Gasteiger partial charge < -0.3 is 5.32 Å². The van der Waals surface area contributed by atoms with Crippen LogP contribution in [-0.2, 0) is 11.2 Å². The summed E-state index contributed by atoms with van der Waals surface area (Å²) in [5.74, 6) is 0.112. The molecule has 1 aliphatic rings. The van der Waals surface area contributed by atoms with Crippen molar-refractivity contribution >= 4 is 12.0 Å². The quantitative estimate of drug-likeness (QED) is 0.829. The summed E-state index contributed by atoms with van der Waals surface area (Å²) in [4.78, 5) is 12.0. The third kappa shape index (κ3) is 3.50. The predicted octanol–water partition coefficient (Wildman–Crippen LogP) is 3.94. The summed E-state index contributed by atoms with van der Waals surface area (Å²) in [5.41, 5.74) is 6.15. The molecular formula is C18H25NO. The monoisotopic (exact) mass is 271 g/mol. The number of carbonyl (C=O) groups excluding carboxylic acids is 1. The van der Waals surface area contributed by atoms with Crippen molar-refractivity contribution in [1.82, 2.24) is 5.32 Å². The molecule has 0 spiro atoms. The SMILES string of the molecule is CCCc1cc(C)cc(/C=C2\CCCCNC2=O)c1C. The normalized spacial score (nSPS) is 17.9. The summed E-state index contributed by atoms with van der Waals surface area (Å²) in [6.07, 6.45) is 7.43. The van der Waals surface area contributed by atoms with Crippen molar-refractivity contribution < 1.29 is 4.79 Å². The van der Waals surface area contributed by atoms with Gasteiger partial charge in [0.15, 0.2) is 0 Å². The first kappa shape index (κ1) is 14.8. The van der Waals surface area contributed by atoms with Crippen LogP contribution in [0.15, 0.2) is 17.7 Å². The Labute approximate surface area is 122 Å². The molecule has 0 bridgehead atoms. The van der Waals surface area contributed by atoms with Crippen molar-refractivity contribution in [2.75, 3.05) is 6.54 Å². The lowest BCUT2D eigenvalue weighted by atomic mass is 9.94. The average Bonchev–Trinajstić information content (AvgIpc) is 2.61. The molecule has 0 radical (unpaired) electrons. The topological polar surface area (TPSA) is 29.1 Å². The summed E-state index contributed by atoms with van der Waals surface area (Å²) >= 11 is 0. The molecule has 1 aromatic carbocycles. The van der Waals surface area contributed by atoms with E-state index in [4.69, 9.17) is 0 Å². The largest absolute Gasteiger partial charge is 0.352 e. The van der Waals surface area contributed by atoms with E-state index in [0.29, 0.717) is 0 Å². The van der Waals surface area contributed by atoms with Gasteiger partial charge in [-0.1, -0.05) is 31.0 Å². The van der Waals surface area contributed by atoms with Crippen LogP contribution in [0, 0.1) is 13.8 Å². The molecule has 1 aromatic rings. The summed E-state index contributed by atoms with van der Waals surface area (Å²) in [6.45, 7) is 7.32. The van der Waals surface area contributed by atoms with Crippen molar-refractivity contribution in [3.63, 3.8) is 0 Å². The Morgan fingerprint density at radius 3 is 2.80 bits per heavy atom. The van der Waals surface area contributed by atoms with Crippen LogP contribution < -0.4 is 5.32 Å². The molecule has 0 aromatic heterocycles. The first-order valence-electron chi connectivity index (χ1n) is 7.70. The van der Waals surface area contributed by atoms with Crippen LogP contribution >= 0.6 is 0 Å². The Balaban J connectivity index is 2.38. The van der Waals surface area contributed by atoms with E-state index in [1.165, 1.54) is 22.3 Å². The zero-order valence-corrected chi connectivity index (χ0v) is 12.9.